The minimum Gasteiger partial charge on any atom is -0.338 e. The number of nitrogens with zero attached hydrogens (tertiary/aromatic N) is 1. The fourth-order valence-corrected chi connectivity index (χ4v) is 2.89. The van der Waals surface area contributed by atoms with Crippen LogP contribution in [0, 0.1) is 5.82 Å². The highest BCUT2D eigenvalue weighted by Gasteiger charge is 2.13. The normalized spacial score (nSPS) is 11.7. The van der Waals surface area contributed by atoms with Crippen LogP contribution in [-0.4, -0.2) is 16.2 Å². The van der Waals surface area contributed by atoms with Crippen molar-refractivity contribution in [2.45, 2.75) is 0 Å². The number of allylic oxidation sites excluding steroid dienone is 2. The second-order valence-corrected chi connectivity index (χ2v) is 6.86. The van der Waals surface area contributed by atoms with E-state index in [4.69, 9.17) is 11.6 Å². The smallest absolute Gasteiger partial charge is 0.256 e. The van der Waals surface area contributed by atoms with Crippen LogP contribution in [-0.2, 0) is 0 Å². The van der Waals surface area contributed by atoms with Crippen molar-refractivity contribution in [3.8, 4) is 0 Å². The number of hydrogen-bond acceptors (Lipinski definition) is 4. The molecule has 1 aromatic carbocycles. The molecule has 2 aromatic heterocycles. The average molecular weight is 388 g/mol. The van der Waals surface area contributed by atoms with Gasteiger partial charge in [-0.3, -0.25) is 4.79 Å². The number of hydrogen-bond donors (Lipinski definition) is 2. The first-order chi connectivity index (χ1) is 12.4. The Morgan fingerprint density at radius 2 is 2.12 bits per heavy atom. The van der Waals surface area contributed by atoms with Gasteiger partial charge in [0.2, 0.25) is 0 Å². The first kappa shape index (κ1) is 18.2. The molecule has 0 aliphatic carbocycles. The summed E-state index contributed by atoms with van der Waals surface area (Å²) in [4.78, 5) is 20.3. The number of rotatable bonds is 5. The lowest BCUT2D eigenvalue weighted by Gasteiger charge is -2.13. The SMILES string of the molecule is C=C(/C=C(/Nc1nc2ccc(F)cc2c2c(=O)[nH]ccc12)C(=C)Cl)SC. The van der Waals surface area contributed by atoms with Gasteiger partial charge in [-0.1, -0.05) is 24.8 Å². The first-order valence-corrected chi connectivity index (χ1v) is 9.18. The number of thioether (sulfide) groups is 1. The van der Waals surface area contributed by atoms with E-state index in [0.29, 0.717) is 33.2 Å². The Morgan fingerprint density at radius 3 is 2.81 bits per heavy atom. The number of H-pyrrole nitrogens is 1. The van der Waals surface area contributed by atoms with Crippen molar-refractivity contribution in [1.82, 2.24) is 9.97 Å². The van der Waals surface area contributed by atoms with Crippen LogP contribution >= 0.6 is 23.4 Å². The molecule has 0 bridgehead atoms. The summed E-state index contributed by atoms with van der Waals surface area (Å²) in [6.45, 7) is 7.65. The van der Waals surface area contributed by atoms with Crippen LogP contribution in [0.2, 0.25) is 0 Å². The van der Waals surface area contributed by atoms with Crippen molar-refractivity contribution < 1.29 is 4.39 Å². The maximum atomic E-state index is 13.7. The molecule has 132 valence electrons. The summed E-state index contributed by atoms with van der Waals surface area (Å²) in [5, 5.41) is 4.73. The molecule has 0 fully saturated rings. The Balaban J connectivity index is 2.28. The van der Waals surface area contributed by atoms with Gasteiger partial charge in [0, 0.05) is 21.9 Å². The quantitative estimate of drug-likeness (QED) is 0.470. The molecule has 0 atom stereocenters. The molecule has 0 saturated carbocycles. The summed E-state index contributed by atoms with van der Waals surface area (Å²) in [5.74, 6) is -0.0114. The van der Waals surface area contributed by atoms with Crippen molar-refractivity contribution in [1.29, 1.82) is 0 Å². The Kier molecular flexibility index (Phi) is 5.15. The van der Waals surface area contributed by atoms with Gasteiger partial charge in [-0.25, -0.2) is 9.37 Å². The molecule has 4 nitrogen and oxygen atoms in total. The van der Waals surface area contributed by atoms with Gasteiger partial charge in [0.15, 0.2) is 0 Å². The Labute approximate surface area is 158 Å². The molecule has 0 amide bonds. The molecule has 0 aliphatic rings. The lowest BCUT2D eigenvalue weighted by molar-refractivity contribution is 0.629. The van der Waals surface area contributed by atoms with E-state index >= 15 is 0 Å². The zero-order valence-corrected chi connectivity index (χ0v) is 15.5. The second kappa shape index (κ2) is 7.35. The molecule has 0 aliphatic heterocycles. The molecular formula is C19H15ClFN3OS. The summed E-state index contributed by atoms with van der Waals surface area (Å²) in [7, 11) is 0. The second-order valence-electron chi connectivity index (χ2n) is 5.48. The topological polar surface area (TPSA) is 57.8 Å². The van der Waals surface area contributed by atoms with Crippen LogP contribution in [0.25, 0.3) is 21.7 Å². The zero-order chi connectivity index (χ0) is 18.8. The fourth-order valence-electron chi connectivity index (χ4n) is 2.55. The van der Waals surface area contributed by atoms with Gasteiger partial charge < -0.3 is 10.3 Å². The molecule has 7 heteroatoms. The van der Waals surface area contributed by atoms with E-state index in [9.17, 15) is 9.18 Å². The van der Waals surface area contributed by atoms with Crippen LogP contribution in [0.4, 0.5) is 10.2 Å². The third kappa shape index (κ3) is 3.52. The molecule has 2 heterocycles. The fraction of sp³-hybridized carbons (Fsp3) is 0.0526. The van der Waals surface area contributed by atoms with Crippen molar-refractivity contribution >= 4 is 50.9 Å². The van der Waals surface area contributed by atoms with Gasteiger partial charge in [0.05, 0.1) is 21.6 Å². The number of nitrogens with one attached hydrogen (secondary N) is 2. The minimum absolute atomic E-state index is 0.277. The summed E-state index contributed by atoms with van der Waals surface area (Å²) in [6.07, 6.45) is 5.16. The van der Waals surface area contributed by atoms with Crippen LogP contribution in [0.15, 0.2) is 70.1 Å². The minimum atomic E-state index is -0.435. The molecule has 0 radical (unpaired) electrons. The van der Waals surface area contributed by atoms with Crippen molar-refractivity contribution in [3.05, 3.63) is 81.5 Å². The summed E-state index contributed by atoms with van der Waals surface area (Å²) in [6, 6.07) is 5.83. The van der Waals surface area contributed by atoms with E-state index in [2.05, 4.69) is 28.4 Å². The highest BCUT2D eigenvalue weighted by atomic mass is 35.5. The number of aromatic amines is 1. The van der Waals surface area contributed by atoms with Gasteiger partial charge in [-0.15, -0.1) is 11.8 Å². The van der Waals surface area contributed by atoms with Crippen molar-refractivity contribution in [2.75, 3.05) is 11.6 Å². The van der Waals surface area contributed by atoms with E-state index in [0.717, 1.165) is 4.91 Å². The monoisotopic (exact) mass is 387 g/mol. The Morgan fingerprint density at radius 1 is 1.35 bits per heavy atom. The van der Waals surface area contributed by atoms with E-state index < -0.39 is 5.82 Å². The van der Waals surface area contributed by atoms with Gasteiger partial charge in [0.25, 0.3) is 5.56 Å². The highest BCUT2D eigenvalue weighted by Crippen LogP contribution is 2.29. The predicted octanol–water partition coefficient (Wildman–Crippen LogP) is 5.14. The molecule has 0 spiro atoms. The zero-order valence-electron chi connectivity index (χ0n) is 13.9. The van der Waals surface area contributed by atoms with Gasteiger partial charge >= 0.3 is 0 Å². The molecule has 0 unspecified atom stereocenters. The number of anilines is 1. The first-order valence-electron chi connectivity index (χ1n) is 7.57. The molecule has 3 rings (SSSR count). The van der Waals surface area contributed by atoms with E-state index in [1.165, 1.54) is 36.2 Å². The summed E-state index contributed by atoms with van der Waals surface area (Å²) < 4.78 is 13.7. The number of aromatic nitrogens is 2. The third-order valence-corrected chi connectivity index (χ3v) is 4.63. The van der Waals surface area contributed by atoms with Gasteiger partial charge in [-0.05, 0) is 36.6 Å². The van der Waals surface area contributed by atoms with Crippen molar-refractivity contribution in [2.24, 2.45) is 0 Å². The largest absolute Gasteiger partial charge is 0.338 e. The van der Waals surface area contributed by atoms with Crippen LogP contribution in [0.5, 0.6) is 0 Å². The van der Waals surface area contributed by atoms with Crippen molar-refractivity contribution in [3.63, 3.8) is 0 Å². The Hall–Kier alpha value is -2.57. The van der Waals surface area contributed by atoms with Gasteiger partial charge in [0.1, 0.15) is 11.6 Å². The van der Waals surface area contributed by atoms with E-state index in [-0.39, 0.29) is 10.6 Å². The summed E-state index contributed by atoms with van der Waals surface area (Å²) in [5.41, 5.74) is 0.676. The maximum absolute atomic E-state index is 13.7. The number of halogens is 2. The number of benzene rings is 1. The third-order valence-electron chi connectivity index (χ3n) is 3.79. The molecule has 2 N–H and O–H groups in total. The number of pyridine rings is 2. The molecule has 26 heavy (non-hydrogen) atoms. The number of fused-ring (bicyclic) bond motifs is 3. The lowest BCUT2D eigenvalue weighted by atomic mass is 10.1. The Bertz CT molecular complexity index is 1140. The van der Waals surface area contributed by atoms with Gasteiger partial charge in [-0.2, -0.15) is 0 Å². The molecule has 3 aromatic rings. The average Bonchev–Trinajstić information content (AvgIpc) is 2.61. The molecule has 0 saturated heterocycles. The predicted molar refractivity (Wildman–Crippen MR) is 109 cm³/mol. The summed E-state index contributed by atoms with van der Waals surface area (Å²) >= 11 is 7.56. The van der Waals surface area contributed by atoms with E-state index in [1.807, 2.05) is 6.26 Å². The van der Waals surface area contributed by atoms with Crippen LogP contribution < -0.4 is 10.9 Å². The lowest BCUT2D eigenvalue weighted by Crippen LogP contribution is -2.09. The van der Waals surface area contributed by atoms with E-state index in [1.54, 1.807) is 12.1 Å². The standard InChI is InChI=1S/C19H15ClFN3OS/c1-10(26-3)8-16(11(2)20)24-18-13-6-7-22-19(25)17(13)14-9-12(21)4-5-15(14)23-18/h4-9H,1-2H2,3H3,(H,22,25)(H,23,24)/b16-8+. The van der Waals surface area contributed by atoms with Crippen LogP contribution in [0.3, 0.4) is 0 Å². The molecular weight excluding hydrogens is 373 g/mol. The highest BCUT2D eigenvalue weighted by molar-refractivity contribution is 8.02. The van der Waals surface area contributed by atoms with Crippen LogP contribution in [0.1, 0.15) is 0 Å². The maximum Gasteiger partial charge on any atom is 0.256 e.